The molecule has 0 bridgehead atoms. The highest BCUT2D eigenvalue weighted by Crippen LogP contribution is 2.27. The first-order valence-electron chi connectivity index (χ1n) is 6.37. The van der Waals surface area contributed by atoms with Crippen molar-refractivity contribution in [2.75, 3.05) is 5.73 Å². The van der Waals surface area contributed by atoms with Crippen molar-refractivity contribution in [3.8, 4) is 5.75 Å². The number of nitrogens with zero attached hydrogens (tertiary/aromatic N) is 1. The average Bonchev–Trinajstić information content (AvgIpc) is 2.27. The second-order valence-corrected chi connectivity index (χ2v) is 5.14. The summed E-state index contributed by atoms with van der Waals surface area (Å²) in [6.07, 6.45) is 3.01. The van der Waals surface area contributed by atoms with E-state index in [0.717, 1.165) is 28.8 Å². The van der Waals surface area contributed by atoms with Crippen molar-refractivity contribution in [2.45, 2.75) is 33.3 Å². The molecule has 0 saturated heterocycles. The Balaban J connectivity index is 2.28. The lowest BCUT2D eigenvalue weighted by molar-refractivity contribution is 0.195. The molecule has 0 spiro atoms. The molecule has 0 radical (unpaired) electrons. The molecule has 0 aliphatic rings. The third-order valence-electron chi connectivity index (χ3n) is 2.86. The van der Waals surface area contributed by atoms with E-state index in [2.05, 4.69) is 25.8 Å². The lowest BCUT2D eigenvalue weighted by atomic mass is 10.1. The lowest BCUT2D eigenvalue weighted by Gasteiger charge is -2.17. The van der Waals surface area contributed by atoms with E-state index in [-0.39, 0.29) is 6.10 Å². The SMILES string of the molecule is CC(C)CC(C)Oc1ccnc2cc(N)ccc12. The zero-order valence-corrected chi connectivity index (χ0v) is 11.2. The first-order chi connectivity index (χ1) is 8.56. The molecule has 1 atom stereocenters. The quantitative estimate of drug-likeness (QED) is 0.835. The third kappa shape index (κ3) is 2.92. The van der Waals surface area contributed by atoms with Crippen molar-refractivity contribution in [3.05, 3.63) is 30.5 Å². The molecular weight excluding hydrogens is 224 g/mol. The minimum atomic E-state index is 0.202. The minimum absolute atomic E-state index is 0.202. The molecule has 18 heavy (non-hydrogen) atoms. The van der Waals surface area contributed by atoms with Crippen molar-refractivity contribution in [2.24, 2.45) is 5.92 Å². The van der Waals surface area contributed by atoms with Crippen LogP contribution in [0.5, 0.6) is 5.75 Å². The number of hydrogen-bond acceptors (Lipinski definition) is 3. The van der Waals surface area contributed by atoms with Crippen molar-refractivity contribution < 1.29 is 4.74 Å². The molecule has 2 N–H and O–H groups in total. The van der Waals surface area contributed by atoms with E-state index in [1.165, 1.54) is 0 Å². The van der Waals surface area contributed by atoms with Crippen LogP contribution in [0.25, 0.3) is 10.9 Å². The molecule has 1 heterocycles. The Hall–Kier alpha value is -1.77. The Kier molecular flexibility index (Phi) is 3.70. The van der Waals surface area contributed by atoms with E-state index in [4.69, 9.17) is 10.5 Å². The summed E-state index contributed by atoms with van der Waals surface area (Å²) in [5.74, 6) is 1.51. The van der Waals surface area contributed by atoms with E-state index in [0.29, 0.717) is 5.92 Å². The normalized spacial score (nSPS) is 12.9. The molecule has 0 amide bonds. The summed E-state index contributed by atoms with van der Waals surface area (Å²) in [6, 6.07) is 7.63. The van der Waals surface area contributed by atoms with Gasteiger partial charge in [0.05, 0.1) is 11.6 Å². The summed E-state index contributed by atoms with van der Waals surface area (Å²) < 4.78 is 6.00. The maximum absolute atomic E-state index is 6.00. The van der Waals surface area contributed by atoms with Crippen LogP contribution in [0.2, 0.25) is 0 Å². The number of nitrogen functional groups attached to an aromatic ring is 1. The fourth-order valence-electron chi connectivity index (χ4n) is 2.17. The van der Waals surface area contributed by atoms with Crippen molar-refractivity contribution >= 4 is 16.6 Å². The highest BCUT2D eigenvalue weighted by atomic mass is 16.5. The molecule has 3 nitrogen and oxygen atoms in total. The Bertz CT molecular complexity index is 537. The van der Waals surface area contributed by atoms with Gasteiger partial charge >= 0.3 is 0 Å². The Morgan fingerprint density at radius 2 is 2.00 bits per heavy atom. The summed E-state index contributed by atoms with van der Waals surface area (Å²) >= 11 is 0. The summed E-state index contributed by atoms with van der Waals surface area (Å²) in [6.45, 7) is 6.50. The van der Waals surface area contributed by atoms with Crippen molar-refractivity contribution in [1.82, 2.24) is 4.98 Å². The van der Waals surface area contributed by atoms with Crippen molar-refractivity contribution in [1.29, 1.82) is 0 Å². The van der Waals surface area contributed by atoms with Gasteiger partial charge < -0.3 is 10.5 Å². The molecule has 2 rings (SSSR count). The predicted octanol–water partition coefficient (Wildman–Crippen LogP) is 3.63. The van der Waals surface area contributed by atoms with E-state index < -0.39 is 0 Å². The van der Waals surface area contributed by atoms with Crippen LogP contribution in [-0.2, 0) is 0 Å². The summed E-state index contributed by atoms with van der Waals surface area (Å²) in [7, 11) is 0. The molecule has 0 aliphatic carbocycles. The van der Waals surface area contributed by atoms with Gasteiger partial charge in [-0.2, -0.15) is 0 Å². The minimum Gasteiger partial charge on any atom is -0.490 e. The van der Waals surface area contributed by atoms with Gasteiger partial charge in [-0.15, -0.1) is 0 Å². The van der Waals surface area contributed by atoms with E-state index in [1.807, 2.05) is 24.3 Å². The Morgan fingerprint density at radius 1 is 1.22 bits per heavy atom. The van der Waals surface area contributed by atoms with Crippen molar-refractivity contribution in [3.63, 3.8) is 0 Å². The molecule has 2 aromatic rings. The number of anilines is 1. The number of fused-ring (bicyclic) bond motifs is 1. The molecule has 0 fully saturated rings. The molecule has 0 aliphatic heterocycles. The number of nitrogens with two attached hydrogens (primary N) is 1. The van der Waals surface area contributed by atoms with Crippen LogP contribution < -0.4 is 10.5 Å². The van der Waals surface area contributed by atoms with Crippen LogP contribution in [0.1, 0.15) is 27.2 Å². The second kappa shape index (κ2) is 5.25. The fraction of sp³-hybridized carbons (Fsp3) is 0.400. The number of rotatable bonds is 4. The van der Waals surface area contributed by atoms with Gasteiger partial charge in [0.25, 0.3) is 0 Å². The van der Waals surface area contributed by atoms with Gasteiger partial charge in [-0.1, -0.05) is 13.8 Å². The Morgan fingerprint density at radius 3 is 2.72 bits per heavy atom. The van der Waals surface area contributed by atoms with Gasteiger partial charge in [0.15, 0.2) is 0 Å². The summed E-state index contributed by atoms with van der Waals surface area (Å²) in [4.78, 5) is 4.31. The topological polar surface area (TPSA) is 48.1 Å². The van der Waals surface area contributed by atoms with Crippen LogP contribution in [0.15, 0.2) is 30.5 Å². The van der Waals surface area contributed by atoms with Crippen LogP contribution in [0.3, 0.4) is 0 Å². The molecular formula is C15H20N2O. The van der Waals surface area contributed by atoms with Gasteiger partial charge in [-0.25, -0.2) is 0 Å². The first-order valence-corrected chi connectivity index (χ1v) is 6.37. The lowest BCUT2D eigenvalue weighted by Crippen LogP contribution is -2.14. The predicted molar refractivity (Wildman–Crippen MR) is 75.7 cm³/mol. The Labute approximate surface area is 108 Å². The van der Waals surface area contributed by atoms with E-state index >= 15 is 0 Å². The second-order valence-electron chi connectivity index (χ2n) is 5.14. The maximum atomic E-state index is 6.00. The van der Waals surface area contributed by atoms with E-state index in [9.17, 15) is 0 Å². The molecule has 1 unspecified atom stereocenters. The maximum Gasteiger partial charge on any atom is 0.130 e. The number of benzene rings is 1. The van der Waals surface area contributed by atoms with Crippen LogP contribution in [-0.4, -0.2) is 11.1 Å². The van der Waals surface area contributed by atoms with Gasteiger partial charge in [-0.05, 0) is 43.5 Å². The fourth-order valence-corrected chi connectivity index (χ4v) is 2.17. The smallest absolute Gasteiger partial charge is 0.130 e. The number of pyridine rings is 1. The molecule has 0 saturated carbocycles. The first kappa shape index (κ1) is 12.7. The zero-order chi connectivity index (χ0) is 13.1. The molecule has 1 aromatic carbocycles. The van der Waals surface area contributed by atoms with Crippen LogP contribution >= 0.6 is 0 Å². The number of aromatic nitrogens is 1. The third-order valence-corrected chi connectivity index (χ3v) is 2.86. The largest absolute Gasteiger partial charge is 0.490 e. The van der Waals surface area contributed by atoms with Crippen LogP contribution in [0.4, 0.5) is 5.69 Å². The summed E-state index contributed by atoms with van der Waals surface area (Å²) in [5, 5.41) is 1.02. The zero-order valence-electron chi connectivity index (χ0n) is 11.2. The van der Waals surface area contributed by atoms with Gasteiger partial charge in [-0.3, -0.25) is 4.98 Å². The molecule has 96 valence electrons. The number of hydrogen-bond donors (Lipinski definition) is 1. The highest BCUT2D eigenvalue weighted by molar-refractivity contribution is 5.87. The highest BCUT2D eigenvalue weighted by Gasteiger charge is 2.09. The van der Waals surface area contributed by atoms with Gasteiger partial charge in [0, 0.05) is 17.3 Å². The molecule has 3 heteroatoms. The van der Waals surface area contributed by atoms with Crippen LogP contribution in [0, 0.1) is 5.92 Å². The summed E-state index contributed by atoms with van der Waals surface area (Å²) in [5.41, 5.74) is 7.36. The average molecular weight is 244 g/mol. The standard InChI is InChI=1S/C15H20N2O/c1-10(2)8-11(3)18-15-6-7-17-14-9-12(16)4-5-13(14)15/h4-7,9-11H,8,16H2,1-3H3. The van der Waals surface area contributed by atoms with Gasteiger partial charge in [0.1, 0.15) is 5.75 Å². The number of ether oxygens (including phenoxy) is 1. The van der Waals surface area contributed by atoms with Gasteiger partial charge in [0.2, 0.25) is 0 Å². The monoisotopic (exact) mass is 244 g/mol. The molecule has 1 aromatic heterocycles. The van der Waals surface area contributed by atoms with E-state index in [1.54, 1.807) is 6.20 Å².